The van der Waals surface area contributed by atoms with Crippen LogP contribution >= 0.6 is 15.9 Å². The molecule has 0 saturated heterocycles. The van der Waals surface area contributed by atoms with Crippen molar-refractivity contribution in [3.05, 3.63) is 22.4 Å². The second-order valence-electron chi connectivity index (χ2n) is 1.64. The van der Waals surface area contributed by atoms with Gasteiger partial charge in [-0.2, -0.15) is 0 Å². The fourth-order valence-corrected chi connectivity index (χ4v) is 0.775. The molecule has 11 heavy (non-hydrogen) atoms. The highest BCUT2D eigenvalue weighted by Gasteiger charge is 2.12. The van der Waals surface area contributed by atoms with Crippen LogP contribution in [0.2, 0.25) is 0 Å². The molecule has 58 valence electrons. The first-order valence-corrected chi connectivity index (χ1v) is 3.32. The van der Waals surface area contributed by atoms with E-state index in [0.717, 1.165) is 6.20 Å². The summed E-state index contributed by atoms with van der Waals surface area (Å²) in [6.45, 7) is 0. The first-order chi connectivity index (χ1) is 5.11. The zero-order valence-corrected chi connectivity index (χ0v) is 6.67. The lowest BCUT2D eigenvalue weighted by molar-refractivity contribution is 0.0684. The van der Waals surface area contributed by atoms with E-state index in [1.807, 2.05) is 0 Å². The number of hydrogen-bond donors (Lipinski definition) is 1. The maximum Gasteiger partial charge on any atom is 0.357 e. The van der Waals surface area contributed by atoms with Gasteiger partial charge < -0.3 is 5.11 Å². The van der Waals surface area contributed by atoms with E-state index in [1.54, 1.807) is 0 Å². The molecule has 0 radical (unpaired) electrons. The van der Waals surface area contributed by atoms with Crippen molar-refractivity contribution in [1.82, 2.24) is 9.97 Å². The van der Waals surface area contributed by atoms with Gasteiger partial charge in [0.1, 0.15) is 0 Å². The van der Waals surface area contributed by atoms with Crippen LogP contribution in [0.4, 0.5) is 4.39 Å². The summed E-state index contributed by atoms with van der Waals surface area (Å²) in [4.78, 5) is 16.9. The third-order valence-corrected chi connectivity index (χ3v) is 1.30. The number of halogens is 2. The van der Waals surface area contributed by atoms with E-state index in [2.05, 4.69) is 25.9 Å². The Morgan fingerprint density at radius 1 is 1.73 bits per heavy atom. The normalized spacial score (nSPS) is 9.64. The highest BCUT2D eigenvalue weighted by Crippen LogP contribution is 2.06. The van der Waals surface area contributed by atoms with Crippen molar-refractivity contribution in [2.45, 2.75) is 0 Å². The summed E-state index contributed by atoms with van der Waals surface area (Å²) < 4.78 is 12.5. The average molecular weight is 221 g/mol. The van der Waals surface area contributed by atoms with E-state index in [9.17, 15) is 9.18 Å². The molecule has 0 bridgehead atoms. The summed E-state index contributed by atoms with van der Waals surface area (Å²) in [5.41, 5.74) is -0.633. The molecule has 1 aromatic rings. The van der Waals surface area contributed by atoms with Gasteiger partial charge in [0.15, 0.2) is 16.2 Å². The molecule has 0 amide bonds. The highest BCUT2D eigenvalue weighted by atomic mass is 79.9. The number of carboxylic acids is 1. The van der Waals surface area contributed by atoms with Crippen molar-refractivity contribution in [3.63, 3.8) is 0 Å². The maximum atomic E-state index is 12.5. The van der Waals surface area contributed by atoms with E-state index < -0.39 is 17.5 Å². The van der Waals surface area contributed by atoms with Crippen molar-refractivity contribution in [1.29, 1.82) is 0 Å². The summed E-state index contributed by atoms with van der Waals surface area (Å²) in [6, 6.07) is 0. The average Bonchev–Trinajstić information content (AvgIpc) is 1.94. The zero-order valence-electron chi connectivity index (χ0n) is 5.08. The molecule has 1 rings (SSSR count). The van der Waals surface area contributed by atoms with Crippen molar-refractivity contribution < 1.29 is 14.3 Å². The Morgan fingerprint density at radius 2 is 2.36 bits per heavy atom. The Bertz CT molecular complexity index is 305. The Morgan fingerprint density at radius 3 is 2.82 bits per heavy atom. The van der Waals surface area contributed by atoms with Crippen LogP contribution in [0.5, 0.6) is 0 Å². The topological polar surface area (TPSA) is 63.1 Å². The quantitative estimate of drug-likeness (QED) is 0.720. The Labute approximate surface area is 69.2 Å². The van der Waals surface area contributed by atoms with Crippen LogP contribution in [0.25, 0.3) is 0 Å². The lowest BCUT2D eigenvalue weighted by Crippen LogP contribution is -2.05. The van der Waals surface area contributed by atoms with Gasteiger partial charge in [-0.3, -0.25) is 0 Å². The van der Waals surface area contributed by atoms with Gasteiger partial charge >= 0.3 is 5.97 Å². The predicted molar refractivity (Wildman–Crippen MR) is 36.6 cm³/mol. The third kappa shape index (κ3) is 1.70. The van der Waals surface area contributed by atoms with E-state index in [1.165, 1.54) is 0 Å². The van der Waals surface area contributed by atoms with Gasteiger partial charge in [0, 0.05) is 0 Å². The molecule has 0 saturated carbocycles. The Balaban J connectivity index is 3.23. The number of nitrogens with zero attached hydrogens (tertiary/aromatic N) is 2. The van der Waals surface area contributed by atoms with Gasteiger partial charge in [0.2, 0.25) is 0 Å². The van der Waals surface area contributed by atoms with Gasteiger partial charge in [0.05, 0.1) is 6.20 Å². The second-order valence-corrected chi connectivity index (χ2v) is 2.35. The smallest absolute Gasteiger partial charge is 0.357 e. The number of aromatic carboxylic acids is 1. The molecule has 0 aliphatic carbocycles. The van der Waals surface area contributed by atoms with Crippen LogP contribution in [-0.2, 0) is 0 Å². The van der Waals surface area contributed by atoms with Crippen molar-refractivity contribution in [3.8, 4) is 0 Å². The molecule has 0 aromatic carbocycles. The predicted octanol–water partition coefficient (Wildman–Crippen LogP) is 1.08. The van der Waals surface area contributed by atoms with Gasteiger partial charge in [-0.25, -0.2) is 19.2 Å². The summed E-state index contributed by atoms with van der Waals surface area (Å²) in [6.07, 6.45) is 0.792. The summed E-state index contributed by atoms with van der Waals surface area (Å²) in [5, 5.41) is 8.34. The summed E-state index contributed by atoms with van der Waals surface area (Å²) in [5.74, 6) is -2.36. The molecule has 0 atom stereocenters. The number of carbonyl (C=O) groups is 1. The van der Waals surface area contributed by atoms with Crippen LogP contribution in [0.15, 0.2) is 10.9 Å². The Hall–Kier alpha value is -1.04. The molecule has 0 spiro atoms. The largest absolute Gasteiger partial charge is 0.476 e. The lowest BCUT2D eigenvalue weighted by Gasteiger charge is -1.94. The minimum atomic E-state index is -1.41. The maximum absolute atomic E-state index is 12.5. The monoisotopic (exact) mass is 220 g/mol. The molecule has 6 heteroatoms. The molecular formula is C5H2BrFN2O2. The van der Waals surface area contributed by atoms with Crippen LogP contribution in [-0.4, -0.2) is 21.0 Å². The molecule has 0 aliphatic heterocycles. The van der Waals surface area contributed by atoms with Crippen LogP contribution in [0, 0.1) is 5.82 Å². The minimum Gasteiger partial charge on any atom is -0.476 e. The van der Waals surface area contributed by atoms with Crippen molar-refractivity contribution in [2.24, 2.45) is 0 Å². The molecule has 0 unspecified atom stereocenters. The van der Waals surface area contributed by atoms with Crippen LogP contribution in [0.1, 0.15) is 10.5 Å². The Kier molecular flexibility index (Phi) is 2.13. The number of hydrogen-bond acceptors (Lipinski definition) is 3. The van der Waals surface area contributed by atoms with E-state index >= 15 is 0 Å². The van der Waals surface area contributed by atoms with Crippen LogP contribution < -0.4 is 0 Å². The van der Waals surface area contributed by atoms with Gasteiger partial charge in [0.25, 0.3) is 0 Å². The number of carboxylic acid groups (broad SMARTS) is 1. The minimum absolute atomic E-state index is 0.0521. The van der Waals surface area contributed by atoms with Gasteiger partial charge in [-0.1, -0.05) is 0 Å². The second kappa shape index (κ2) is 2.91. The van der Waals surface area contributed by atoms with E-state index in [4.69, 9.17) is 5.11 Å². The molecule has 0 aliphatic rings. The zero-order chi connectivity index (χ0) is 8.43. The summed E-state index contributed by atoms with van der Waals surface area (Å²) in [7, 11) is 0. The molecule has 1 N–H and O–H groups in total. The first kappa shape index (κ1) is 8.06. The van der Waals surface area contributed by atoms with Gasteiger partial charge in [-0.15, -0.1) is 0 Å². The highest BCUT2D eigenvalue weighted by molar-refractivity contribution is 9.10. The molecule has 1 aromatic heterocycles. The van der Waals surface area contributed by atoms with E-state index in [-0.39, 0.29) is 4.73 Å². The third-order valence-electron chi connectivity index (χ3n) is 0.917. The van der Waals surface area contributed by atoms with E-state index in [0.29, 0.717) is 0 Å². The first-order valence-electron chi connectivity index (χ1n) is 2.52. The lowest BCUT2D eigenvalue weighted by atomic mass is 10.4. The molecule has 0 fully saturated rings. The molecule has 1 heterocycles. The SMILES string of the molecule is O=C(O)c1nc(Br)ncc1F. The molecular weight excluding hydrogens is 219 g/mol. The van der Waals surface area contributed by atoms with Crippen LogP contribution in [0.3, 0.4) is 0 Å². The fourth-order valence-electron chi connectivity index (χ4n) is 0.496. The van der Waals surface area contributed by atoms with Crippen molar-refractivity contribution in [2.75, 3.05) is 0 Å². The van der Waals surface area contributed by atoms with Gasteiger partial charge in [-0.05, 0) is 15.9 Å². The fraction of sp³-hybridized carbons (Fsp3) is 0. The number of rotatable bonds is 1. The number of aromatic nitrogens is 2. The van der Waals surface area contributed by atoms with Crippen molar-refractivity contribution >= 4 is 21.9 Å². The standard InChI is InChI=1S/C5H2BrFN2O2/c6-5-8-1-2(7)3(9-5)4(10)11/h1H,(H,10,11). The summed E-state index contributed by atoms with van der Waals surface area (Å²) >= 11 is 2.81. The molecule has 4 nitrogen and oxygen atoms in total.